The van der Waals surface area contributed by atoms with Gasteiger partial charge in [-0.3, -0.25) is 4.79 Å². The van der Waals surface area contributed by atoms with Crippen LogP contribution in [-0.4, -0.2) is 20.0 Å². The van der Waals surface area contributed by atoms with Gasteiger partial charge in [0.15, 0.2) is 5.78 Å². The summed E-state index contributed by atoms with van der Waals surface area (Å²) >= 11 is 0. The van der Waals surface area contributed by atoms with Crippen LogP contribution in [-0.2, 0) is 0 Å². The Labute approximate surface area is 129 Å². The molecule has 3 aromatic carbocycles. The first-order valence-corrected chi connectivity index (χ1v) is 6.99. The Morgan fingerprint density at radius 2 is 1.59 bits per heavy atom. The molecule has 3 nitrogen and oxygen atoms in total. The number of carbonyl (C=O) groups is 1. The number of methoxy groups -OCH3 is 2. The molecule has 22 heavy (non-hydrogen) atoms. The van der Waals surface area contributed by atoms with Gasteiger partial charge in [-0.2, -0.15) is 0 Å². The minimum atomic E-state index is -0.0299. The normalized spacial score (nSPS) is 10.5. The predicted octanol–water partition coefficient (Wildman–Crippen LogP) is 4.09. The highest BCUT2D eigenvalue weighted by Crippen LogP contribution is 2.33. The number of rotatable bonds is 4. The monoisotopic (exact) mass is 292 g/mol. The fourth-order valence-electron chi connectivity index (χ4n) is 2.56. The highest BCUT2D eigenvalue weighted by Gasteiger charge is 2.16. The highest BCUT2D eigenvalue weighted by atomic mass is 16.5. The minimum absolute atomic E-state index is 0.0299. The van der Waals surface area contributed by atoms with E-state index in [1.54, 1.807) is 20.3 Å². The van der Waals surface area contributed by atoms with Crippen molar-refractivity contribution in [1.82, 2.24) is 0 Å². The fourth-order valence-corrected chi connectivity index (χ4v) is 2.56. The zero-order chi connectivity index (χ0) is 15.5. The maximum atomic E-state index is 12.8. The Hall–Kier alpha value is -2.81. The Balaban J connectivity index is 2.26. The van der Waals surface area contributed by atoms with E-state index in [9.17, 15) is 4.79 Å². The van der Waals surface area contributed by atoms with Gasteiger partial charge in [0.2, 0.25) is 0 Å². The second kappa shape index (κ2) is 5.90. The maximum absolute atomic E-state index is 12.8. The molecule has 0 radical (unpaired) electrons. The van der Waals surface area contributed by atoms with Crippen molar-refractivity contribution in [2.75, 3.05) is 14.2 Å². The van der Waals surface area contributed by atoms with Crippen molar-refractivity contribution in [2.24, 2.45) is 0 Å². The summed E-state index contributed by atoms with van der Waals surface area (Å²) in [6, 6.07) is 18.6. The summed E-state index contributed by atoms with van der Waals surface area (Å²) in [4.78, 5) is 12.8. The van der Waals surface area contributed by atoms with E-state index in [1.165, 1.54) is 0 Å². The van der Waals surface area contributed by atoms with Gasteiger partial charge in [0.1, 0.15) is 11.5 Å². The van der Waals surface area contributed by atoms with Crippen LogP contribution >= 0.6 is 0 Å². The molecule has 3 heteroatoms. The van der Waals surface area contributed by atoms with E-state index in [0.717, 1.165) is 16.5 Å². The van der Waals surface area contributed by atoms with E-state index in [2.05, 4.69) is 0 Å². The molecule has 3 rings (SSSR count). The van der Waals surface area contributed by atoms with Crippen LogP contribution in [0, 0.1) is 0 Å². The molecule has 0 aliphatic rings. The maximum Gasteiger partial charge on any atom is 0.193 e. The second-order valence-corrected chi connectivity index (χ2v) is 4.93. The summed E-state index contributed by atoms with van der Waals surface area (Å²) in [5.74, 6) is 1.33. The summed E-state index contributed by atoms with van der Waals surface area (Å²) in [7, 11) is 3.21. The number of fused-ring (bicyclic) bond motifs is 1. The molecule has 0 atom stereocenters. The predicted molar refractivity (Wildman–Crippen MR) is 86.9 cm³/mol. The molecule has 0 aliphatic heterocycles. The average molecular weight is 292 g/mol. The standard InChI is InChI=1S/C19H16O3/c1-21-14-11-16-15(9-6-10-18(16)22-2)17(12-14)19(20)13-7-4-3-5-8-13/h3-12H,1-2H3. The summed E-state index contributed by atoms with van der Waals surface area (Å²) in [6.45, 7) is 0. The summed E-state index contributed by atoms with van der Waals surface area (Å²) < 4.78 is 10.7. The smallest absolute Gasteiger partial charge is 0.193 e. The highest BCUT2D eigenvalue weighted by molar-refractivity contribution is 6.17. The lowest BCUT2D eigenvalue weighted by atomic mass is 9.96. The molecule has 0 heterocycles. The van der Waals surface area contributed by atoms with Gasteiger partial charge in [-0.05, 0) is 23.6 Å². The number of ether oxygens (including phenoxy) is 2. The van der Waals surface area contributed by atoms with E-state index in [4.69, 9.17) is 9.47 Å². The first-order valence-electron chi connectivity index (χ1n) is 6.99. The van der Waals surface area contributed by atoms with Crippen LogP contribution in [0.15, 0.2) is 60.7 Å². The molecule has 0 N–H and O–H groups in total. The van der Waals surface area contributed by atoms with E-state index < -0.39 is 0 Å². The number of ketones is 1. The average Bonchev–Trinajstić information content (AvgIpc) is 2.60. The molecule has 0 aliphatic carbocycles. The Morgan fingerprint density at radius 1 is 0.818 bits per heavy atom. The van der Waals surface area contributed by atoms with Gasteiger partial charge in [-0.1, -0.05) is 42.5 Å². The van der Waals surface area contributed by atoms with Crippen LogP contribution in [0.1, 0.15) is 15.9 Å². The number of benzene rings is 3. The lowest BCUT2D eigenvalue weighted by Gasteiger charge is -2.12. The molecule has 110 valence electrons. The van der Waals surface area contributed by atoms with E-state index in [1.807, 2.05) is 54.6 Å². The SMILES string of the molecule is COc1cc(C(=O)c2ccccc2)c2cccc(OC)c2c1. The van der Waals surface area contributed by atoms with Gasteiger partial charge in [0.05, 0.1) is 14.2 Å². The summed E-state index contributed by atoms with van der Waals surface area (Å²) in [5, 5.41) is 1.72. The van der Waals surface area contributed by atoms with Gasteiger partial charge < -0.3 is 9.47 Å². The van der Waals surface area contributed by atoms with Crippen molar-refractivity contribution >= 4 is 16.6 Å². The Bertz CT molecular complexity index is 823. The zero-order valence-corrected chi connectivity index (χ0v) is 12.5. The summed E-state index contributed by atoms with van der Waals surface area (Å²) in [5.41, 5.74) is 1.26. The van der Waals surface area contributed by atoms with Crippen molar-refractivity contribution in [3.8, 4) is 11.5 Å². The molecule has 0 unspecified atom stereocenters. The first-order chi connectivity index (χ1) is 10.7. The lowest BCUT2D eigenvalue weighted by molar-refractivity contribution is 0.104. The van der Waals surface area contributed by atoms with Crippen molar-refractivity contribution in [2.45, 2.75) is 0 Å². The minimum Gasteiger partial charge on any atom is -0.497 e. The molecule has 0 fully saturated rings. The molecule has 0 amide bonds. The number of hydrogen-bond acceptors (Lipinski definition) is 3. The second-order valence-electron chi connectivity index (χ2n) is 4.93. The van der Waals surface area contributed by atoms with Gasteiger partial charge >= 0.3 is 0 Å². The summed E-state index contributed by atoms with van der Waals surface area (Å²) in [6.07, 6.45) is 0. The van der Waals surface area contributed by atoms with E-state index >= 15 is 0 Å². The topological polar surface area (TPSA) is 35.5 Å². The molecular formula is C19H16O3. The largest absolute Gasteiger partial charge is 0.497 e. The number of hydrogen-bond donors (Lipinski definition) is 0. The molecule has 0 saturated carbocycles. The van der Waals surface area contributed by atoms with E-state index in [-0.39, 0.29) is 5.78 Å². The van der Waals surface area contributed by atoms with Gasteiger partial charge in [0, 0.05) is 16.5 Å². The van der Waals surface area contributed by atoms with Crippen molar-refractivity contribution < 1.29 is 14.3 Å². The van der Waals surface area contributed by atoms with Crippen LogP contribution in [0.25, 0.3) is 10.8 Å². The van der Waals surface area contributed by atoms with Crippen molar-refractivity contribution in [1.29, 1.82) is 0 Å². The molecule has 0 bridgehead atoms. The first kappa shape index (κ1) is 14.1. The van der Waals surface area contributed by atoms with Crippen LogP contribution in [0.2, 0.25) is 0 Å². The third-order valence-electron chi connectivity index (χ3n) is 3.67. The van der Waals surface area contributed by atoms with E-state index in [0.29, 0.717) is 16.9 Å². The molecule has 3 aromatic rings. The van der Waals surface area contributed by atoms with Crippen molar-refractivity contribution in [3.05, 3.63) is 71.8 Å². The number of carbonyl (C=O) groups excluding carboxylic acids is 1. The molecular weight excluding hydrogens is 276 g/mol. The van der Waals surface area contributed by atoms with Gasteiger partial charge in [-0.15, -0.1) is 0 Å². The molecule has 0 saturated heterocycles. The third kappa shape index (κ3) is 2.42. The van der Waals surface area contributed by atoms with Crippen LogP contribution in [0.3, 0.4) is 0 Å². The van der Waals surface area contributed by atoms with Crippen LogP contribution in [0.5, 0.6) is 11.5 Å². The lowest BCUT2D eigenvalue weighted by Crippen LogP contribution is -2.03. The fraction of sp³-hybridized carbons (Fsp3) is 0.105. The third-order valence-corrected chi connectivity index (χ3v) is 3.67. The van der Waals surface area contributed by atoms with Crippen LogP contribution in [0.4, 0.5) is 0 Å². The molecule has 0 aromatic heterocycles. The van der Waals surface area contributed by atoms with Gasteiger partial charge in [-0.25, -0.2) is 0 Å². The molecule has 0 spiro atoms. The Morgan fingerprint density at radius 3 is 2.27 bits per heavy atom. The zero-order valence-electron chi connectivity index (χ0n) is 12.5. The van der Waals surface area contributed by atoms with Gasteiger partial charge in [0.25, 0.3) is 0 Å². The quantitative estimate of drug-likeness (QED) is 0.679. The van der Waals surface area contributed by atoms with Crippen molar-refractivity contribution in [3.63, 3.8) is 0 Å². The van der Waals surface area contributed by atoms with Crippen LogP contribution < -0.4 is 9.47 Å². The Kier molecular flexibility index (Phi) is 3.79.